The van der Waals surface area contributed by atoms with Gasteiger partial charge in [-0.05, 0) is 30.4 Å². The first-order valence-electron chi connectivity index (χ1n) is 9.74. The Kier molecular flexibility index (Phi) is 4.64. The van der Waals surface area contributed by atoms with Crippen LogP contribution in [0.2, 0.25) is 0 Å². The summed E-state index contributed by atoms with van der Waals surface area (Å²) in [6, 6.07) is 18.3. The lowest BCUT2D eigenvalue weighted by Gasteiger charge is -2.17. The van der Waals surface area contributed by atoms with Crippen LogP contribution in [-0.4, -0.2) is 38.8 Å². The number of fused-ring (bicyclic) bond motifs is 3. The Hall–Kier alpha value is -3.38. The van der Waals surface area contributed by atoms with E-state index in [4.69, 9.17) is 0 Å². The van der Waals surface area contributed by atoms with Gasteiger partial charge in [0.1, 0.15) is 5.69 Å². The van der Waals surface area contributed by atoms with Crippen molar-refractivity contribution < 1.29 is 4.79 Å². The van der Waals surface area contributed by atoms with Crippen LogP contribution in [0.5, 0.6) is 0 Å². The van der Waals surface area contributed by atoms with Gasteiger partial charge in [-0.15, -0.1) is 11.8 Å². The van der Waals surface area contributed by atoms with Crippen LogP contribution in [0.25, 0.3) is 28.0 Å². The van der Waals surface area contributed by atoms with Crippen LogP contribution < -0.4 is 0 Å². The maximum absolute atomic E-state index is 13.4. The van der Waals surface area contributed by atoms with E-state index in [1.54, 1.807) is 22.9 Å². The molecule has 0 unspecified atom stereocenters. The number of thioether (sulfide) groups is 1. The number of benzene rings is 2. The molecule has 0 aliphatic carbocycles. The quantitative estimate of drug-likeness (QED) is 0.468. The molecule has 2 aromatic heterocycles. The second kappa shape index (κ2) is 7.46. The Labute approximate surface area is 178 Å². The number of aromatic amines is 1. The van der Waals surface area contributed by atoms with Gasteiger partial charge in [0.05, 0.1) is 10.9 Å². The number of hydrogen-bond donors (Lipinski definition) is 1. The molecule has 0 fully saturated rings. The highest BCUT2D eigenvalue weighted by Crippen LogP contribution is 2.39. The molecule has 4 aromatic rings. The third-order valence-corrected chi connectivity index (χ3v) is 6.22. The molecule has 6 heteroatoms. The molecule has 0 saturated carbocycles. The molecule has 2 aromatic carbocycles. The van der Waals surface area contributed by atoms with E-state index in [0.717, 1.165) is 33.5 Å². The summed E-state index contributed by atoms with van der Waals surface area (Å²) in [5.74, 6) is -0.0398. The van der Waals surface area contributed by atoms with Gasteiger partial charge in [-0.25, -0.2) is 4.98 Å². The lowest BCUT2D eigenvalue weighted by Crippen LogP contribution is -2.25. The number of H-pyrrole nitrogens is 1. The summed E-state index contributed by atoms with van der Waals surface area (Å²) in [6.45, 7) is 4.77. The Balaban J connectivity index is 1.56. The van der Waals surface area contributed by atoms with Crippen molar-refractivity contribution >= 4 is 34.4 Å². The summed E-state index contributed by atoms with van der Waals surface area (Å²) in [5, 5.41) is 8.26. The molecule has 1 N–H and O–H groups in total. The van der Waals surface area contributed by atoms with E-state index in [2.05, 4.69) is 46.0 Å². The number of pyridine rings is 1. The number of aromatic nitrogens is 3. The van der Waals surface area contributed by atoms with Crippen molar-refractivity contribution in [2.24, 2.45) is 0 Å². The summed E-state index contributed by atoms with van der Waals surface area (Å²) in [6.07, 6.45) is 4.53. The molecule has 0 bridgehead atoms. The summed E-state index contributed by atoms with van der Waals surface area (Å²) in [4.78, 5) is 20.9. The van der Waals surface area contributed by atoms with Crippen LogP contribution in [-0.2, 0) is 6.42 Å². The largest absolute Gasteiger partial charge is 0.308 e. The maximum atomic E-state index is 13.4. The van der Waals surface area contributed by atoms with Gasteiger partial charge in [0, 0.05) is 34.5 Å². The molecule has 1 aliphatic rings. The fourth-order valence-corrected chi connectivity index (χ4v) is 4.40. The molecular formula is C24H20N4OS. The summed E-state index contributed by atoms with van der Waals surface area (Å²) in [5.41, 5.74) is 5.63. The highest BCUT2D eigenvalue weighted by atomic mass is 32.2. The van der Waals surface area contributed by atoms with E-state index in [-0.39, 0.29) is 5.91 Å². The minimum atomic E-state index is -0.0398. The number of nitrogens with zero attached hydrogens (tertiary/aromatic N) is 3. The lowest BCUT2D eigenvalue weighted by molar-refractivity contribution is 0.0853. The second-order valence-corrected chi connectivity index (χ2v) is 8.09. The highest BCUT2D eigenvalue weighted by molar-refractivity contribution is 7.98. The SMILES string of the molecule is C=C1c2cnc3[nH]nc(-c4cccc(SC)c4)c3c2C(=O)N1CCc1ccccc1. The second-order valence-electron chi connectivity index (χ2n) is 7.21. The lowest BCUT2D eigenvalue weighted by atomic mass is 10.0. The molecular weight excluding hydrogens is 392 g/mol. The standard InChI is InChI=1S/C24H20N4OS/c1-15-19-14-25-23-21(22(26-27-23)17-9-6-10-18(13-17)30-2)20(19)24(29)28(15)12-11-16-7-4-3-5-8-16/h3-10,13-14H,1,11-12H2,2H3,(H,25,26,27). The van der Waals surface area contributed by atoms with Gasteiger partial charge in [-0.2, -0.15) is 5.10 Å². The first-order valence-corrected chi connectivity index (χ1v) is 11.0. The van der Waals surface area contributed by atoms with Crippen LogP contribution >= 0.6 is 11.8 Å². The summed E-state index contributed by atoms with van der Waals surface area (Å²) < 4.78 is 0. The third-order valence-electron chi connectivity index (χ3n) is 5.50. The molecule has 5 nitrogen and oxygen atoms in total. The molecule has 1 amide bonds. The zero-order valence-electron chi connectivity index (χ0n) is 16.6. The Morgan fingerprint density at radius 1 is 1.13 bits per heavy atom. The fraction of sp³-hybridized carbons (Fsp3) is 0.125. The van der Waals surface area contributed by atoms with Crippen LogP contribution in [0, 0.1) is 0 Å². The average molecular weight is 413 g/mol. The van der Waals surface area contributed by atoms with E-state index in [9.17, 15) is 4.79 Å². The van der Waals surface area contributed by atoms with Gasteiger partial charge in [0.15, 0.2) is 5.65 Å². The zero-order chi connectivity index (χ0) is 20.7. The molecule has 1 aliphatic heterocycles. The van der Waals surface area contributed by atoms with Crippen LogP contribution in [0.3, 0.4) is 0 Å². The first kappa shape index (κ1) is 18.6. The van der Waals surface area contributed by atoms with E-state index >= 15 is 0 Å². The number of carbonyl (C=O) groups is 1. The molecule has 0 radical (unpaired) electrons. The first-order chi connectivity index (χ1) is 14.7. The third kappa shape index (κ3) is 3.00. The summed E-state index contributed by atoms with van der Waals surface area (Å²) >= 11 is 1.67. The molecule has 0 atom stereocenters. The smallest absolute Gasteiger partial charge is 0.259 e. The van der Waals surface area contributed by atoms with Crippen molar-refractivity contribution in [3.8, 4) is 11.3 Å². The van der Waals surface area contributed by atoms with Crippen LogP contribution in [0.15, 0.2) is 72.3 Å². The van der Waals surface area contributed by atoms with Gasteiger partial charge in [-0.1, -0.05) is 49.0 Å². The predicted octanol–water partition coefficient (Wildman–Crippen LogP) is 5.02. The Bertz CT molecular complexity index is 1280. The van der Waals surface area contributed by atoms with Crippen molar-refractivity contribution in [1.29, 1.82) is 0 Å². The van der Waals surface area contributed by atoms with Gasteiger partial charge >= 0.3 is 0 Å². The number of amides is 1. The van der Waals surface area contributed by atoms with Gasteiger partial charge < -0.3 is 4.90 Å². The molecule has 30 heavy (non-hydrogen) atoms. The van der Waals surface area contributed by atoms with E-state index < -0.39 is 0 Å². The topological polar surface area (TPSA) is 61.9 Å². The molecule has 3 heterocycles. The van der Waals surface area contributed by atoms with Crippen LogP contribution in [0.4, 0.5) is 0 Å². The fourth-order valence-electron chi connectivity index (χ4n) is 3.94. The number of carbonyl (C=O) groups excluding carboxylic acids is 1. The average Bonchev–Trinajstić information content (AvgIpc) is 3.32. The van der Waals surface area contributed by atoms with E-state index in [0.29, 0.717) is 23.5 Å². The van der Waals surface area contributed by atoms with Gasteiger partial charge in [0.25, 0.3) is 5.91 Å². The van der Waals surface area contributed by atoms with E-state index in [1.807, 2.05) is 36.6 Å². The molecule has 5 rings (SSSR count). The maximum Gasteiger partial charge on any atom is 0.259 e. The number of nitrogens with one attached hydrogen (secondary N) is 1. The summed E-state index contributed by atoms with van der Waals surface area (Å²) in [7, 11) is 0. The van der Waals surface area contributed by atoms with Crippen molar-refractivity contribution in [2.75, 3.05) is 12.8 Å². The van der Waals surface area contributed by atoms with Gasteiger partial charge in [0.2, 0.25) is 0 Å². The molecule has 0 spiro atoms. The minimum absolute atomic E-state index is 0.0398. The highest BCUT2D eigenvalue weighted by Gasteiger charge is 2.34. The minimum Gasteiger partial charge on any atom is -0.308 e. The van der Waals surface area contributed by atoms with E-state index in [1.165, 1.54) is 5.56 Å². The van der Waals surface area contributed by atoms with Crippen molar-refractivity contribution in [3.63, 3.8) is 0 Å². The monoisotopic (exact) mass is 412 g/mol. The number of rotatable bonds is 5. The predicted molar refractivity (Wildman–Crippen MR) is 121 cm³/mol. The normalized spacial score (nSPS) is 13.3. The molecule has 0 saturated heterocycles. The van der Waals surface area contributed by atoms with Crippen LogP contribution in [0.1, 0.15) is 21.5 Å². The van der Waals surface area contributed by atoms with Gasteiger partial charge in [-0.3, -0.25) is 9.89 Å². The van der Waals surface area contributed by atoms with Crippen molar-refractivity contribution in [2.45, 2.75) is 11.3 Å². The van der Waals surface area contributed by atoms with Crippen molar-refractivity contribution in [3.05, 3.63) is 84.1 Å². The van der Waals surface area contributed by atoms with Crippen molar-refractivity contribution in [1.82, 2.24) is 20.1 Å². The zero-order valence-corrected chi connectivity index (χ0v) is 17.4. The molecule has 148 valence electrons. The Morgan fingerprint density at radius 3 is 2.77 bits per heavy atom. The number of hydrogen-bond acceptors (Lipinski definition) is 4. The Morgan fingerprint density at radius 2 is 1.97 bits per heavy atom.